The molecule has 1 amide bonds. The topological polar surface area (TPSA) is 87.6 Å². The second-order valence-corrected chi connectivity index (χ2v) is 9.47. The van der Waals surface area contributed by atoms with Crippen molar-refractivity contribution in [3.8, 4) is 0 Å². The van der Waals surface area contributed by atoms with Crippen LogP contribution < -0.4 is 10.0 Å². The van der Waals surface area contributed by atoms with Gasteiger partial charge in [0.15, 0.2) is 0 Å². The Balaban J connectivity index is 1.57. The van der Waals surface area contributed by atoms with Crippen molar-refractivity contribution in [3.05, 3.63) is 46.7 Å². The van der Waals surface area contributed by atoms with E-state index in [1.54, 1.807) is 23.5 Å². The van der Waals surface area contributed by atoms with Gasteiger partial charge in [0, 0.05) is 30.0 Å². The maximum absolute atomic E-state index is 12.7. The molecular formula is C20H25N3O3S2. The van der Waals surface area contributed by atoms with Crippen molar-refractivity contribution in [2.24, 2.45) is 4.99 Å². The first kappa shape index (κ1) is 20.5. The van der Waals surface area contributed by atoms with Crippen molar-refractivity contribution < 1.29 is 13.2 Å². The van der Waals surface area contributed by atoms with Crippen LogP contribution in [0.3, 0.4) is 0 Å². The standard InChI is InChI=1S/C20H25N3O3S2/c24-20(12-5-8-17-9-6-14-27-17)22-16-7-4-10-18(15-16)28(25,26)23-19-11-2-1-3-13-21-19/h4,6-7,9-10,14-15H,1-3,5,8,11-13H2,(H,21,23)(H,22,24). The lowest BCUT2D eigenvalue weighted by Crippen LogP contribution is -2.30. The number of sulfonamides is 1. The minimum Gasteiger partial charge on any atom is -0.326 e. The van der Waals surface area contributed by atoms with Crippen molar-refractivity contribution in [2.45, 2.75) is 49.8 Å². The first-order valence-corrected chi connectivity index (χ1v) is 11.9. The molecule has 0 atom stereocenters. The smallest absolute Gasteiger partial charge is 0.262 e. The van der Waals surface area contributed by atoms with Gasteiger partial charge in [0.05, 0.1) is 4.90 Å². The zero-order valence-corrected chi connectivity index (χ0v) is 17.3. The largest absolute Gasteiger partial charge is 0.326 e. The van der Waals surface area contributed by atoms with Crippen LogP contribution >= 0.6 is 11.3 Å². The number of carbonyl (C=O) groups is 1. The number of benzene rings is 1. The zero-order valence-electron chi connectivity index (χ0n) is 15.7. The van der Waals surface area contributed by atoms with E-state index >= 15 is 0 Å². The number of nitrogens with zero attached hydrogens (tertiary/aromatic N) is 1. The van der Waals surface area contributed by atoms with Crippen LogP contribution in [0, 0.1) is 0 Å². The molecule has 0 spiro atoms. The van der Waals surface area contributed by atoms with Crippen molar-refractivity contribution in [1.82, 2.24) is 4.72 Å². The highest BCUT2D eigenvalue weighted by molar-refractivity contribution is 7.90. The third-order valence-electron chi connectivity index (χ3n) is 4.46. The summed E-state index contributed by atoms with van der Waals surface area (Å²) in [5.41, 5.74) is 0.479. The Morgan fingerprint density at radius 2 is 2.04 bits per heavy atom. The quantitative estimate of drug-likeness (QED) is 0.712. The van der Waals surface area contributed by atoms with Crippen molar-refractivity contribution in [3.63, 3.8) is 0 Å². The van der Waals surface area contributed by atoms with E-state index in [2.05, 4.69) is 21.1 Å². The number of thiophene rings is 1. The Hall–Kier alpha value is -2.19. The van der Waals surface area contributed by atoms with Gasteiger partial charge in [-0.25, -0.2) is 8.42 Å². The number of hydrogen-bond donors (Lipinski definition) is 2. The molecule has 1 aromatic carbocycles. The SMILES string of the molecule is O=C(CCCc1cccs1)Nc1cccc(S(=O)(=O)NC2=NCCCCC2)c1. The Morgan fingerprint density at radius 3 is 2.86 bits per heavy atom. The maximum Gasteiger partial charge on any atom is 0.262 e. The third kappa shape index (κ3) is 6.17. The van der Waals surface area contributed by atoms with Crippen LogP contribution in [-0.4, -0.2) is 26.7 Å². The van der Waals surface area contributed by atoms with Gasteiger partial charge in [-0.05, 0) is 55.3 Å². The molecule has 2 heterocycles. The third-order valence-corrected chi connectivity index (χ3v) is 6.78. The van der Waals surface area contributed by atoms with Gasteiger partial charge in [0.2, 0.25) is 5.91 Å². The van der Waals surface area contributed by atoms with Gasteiger partial charge in [-0.1, -0.05) is 18.6 Å². The average molecular weight is 420 g/mol. The van der Waals surface area contributed by atoms with E-state index < -0.39 is 10.0 Å². The molecule has 150 valence electrons. The van der Waals surface area contributed by atoms with Crippen LogP contribution in [0.15, 0.2) is 51.7 Å². The van der Waals surface area contributed by atoms with E-state index in [1.807, 2.05) is 11.4 Å². The molecule has 0 saturated heterocycles. The number of nitrogens with one attached hydrogen (secondary N) is 2. The molecule has 0 bridgehead atoms. The molecule has 0 aliphatic carbocycles. The summed E-state index contributed by atoms with van der Waals surface area (Å²) in [6, 6.07) is 10.4. The van der Waals surface area contributed by atoms with E-state index in [1.165, 1.54) is 17.0 Å². The van der Waals surface area contributed by atoms with Crippen LogP contribution in [0.1, 0.15) is 43.4 Å². The molecule has 3 rings (SSSR count). The number of carbonyl (C=O) groups excluding carboxylic acids is 1. The molecule has 6 nitrogen and oxygen atoms in total. The fourth-order valence-corrected chi connectivity index (χ4v) is 4.90. The summed E-state index contributed by atoms with van der Waals surface area (Å²) in [4.78, 5) is 17.9. The van der Waals surface area contributed by atoms with Crippen molar-refractivity contribution in [1.29, 1.82) is 0 Å². The molecule has 1 aliphatic heterocycles. The molecule has 2 N–H and O–H groups in total. The number of aliphatic imine (C=N–C) groups is 1. The summed E-state index contributed by atoms with van der Waals surface area (Å²) < 4.78 is 27.9. The molecule has 0 radical (unpaired) electrons. The molecule has 0 unspecified atom stereocenters. The lowest BCUT2D eigenvalue weighted by atomic mass is 10.2. The van der Waals surface area contributed by atoms with Crippen molar-refractivity contribution >= 4 is 38.8 Å². The fourth-order valence-electron chi connectivity index (χ4n) is 3.01. The summed E-state index contributed by atoms with van der Waals surface area (Å²) in [5.74, 6) is 0.396. The van der Waals surface area contributed by atoms with Crippen LogP contribution in [0.5, 0.6) is 0 Å². The van der Waals surface area contributed by atoms with Gasteiger partial charge in [-0.15, -0.1) is 11.3 Å². The number of rotatable bonds is 7. The van der Waals surface area contributed by atoms with E-state index in [0.29, 0.717) is 30.9 Å². The van der Waals surface area contributed by atoms with E-state index in [9.17, 15) is 13.2 Å². The average Bonchev–Trinajstić information content (AvgIpc) is 3.05. The van der Waals surface area contributed by atoms with Gasteiger partial charge >= 0.3 is 0 Å². The van der Waals surface area contributed by atoms with E-state index in [4.69, 9.17) is 0 Å². The minimum atomic E-state index is -3.71. The molecule has 8 heteroatoms. The number of amides is 1. The number of anilines is 1. The maximum atomic E-state index is 12.7. The number of hydrogen-bond acceptors (Lipinski definition) is 5. The first-order chi connectivity index (χ1) is 13.5. The second kappa shape index (κ2) is 9.84. The molecule has 0 saturated carbocycles. The van der Waals surface area contributed by atoms with Gasteiger partial charge in [-0.2, -0.15) is 0 Å². The van der Waals surface area contributed by atoms with Crippen LogP contribution in [0.25, 0.3) is 0 Å². The lowest BCUT2D eigenvalue weighted by molar-refractivity contribution is -0.116. The van der Waals surface area contributed by atoms with E-state index in [-0.39, 0.29) is 10.8 Å². The van der Waals surface area contributed by atoms with E-state index in [0.717, 1.165) is 32.1 Å². The minimum absolute atomic E-state index is 0.118. The number of amidine groups is 1. The summed E-state index contributed by atoms with van der Waals surface area (Å²) in [6.07, 6.45) is 5.63. The number of aryl methyl sites for hydroxylation is 1. The highest BCUT2D eigenvalue weighted by Gasteiger charge is 2.18. The van der Waals surface area contributed by atoms with Gasteiger partial charge in [0.25, 0.3) is 10.0 Å². The first-order valence-electron chi connectivity index (χ1n) is 9.51. The monoisotopic (exact) mass is 419 g/mol. The predicted molar refractivity (Wildman–Crippen MR) is 113 cm³/mol. The molecule has 0 fully saturated rings. The molecule has 1 aromatic heterocycles. The Labute approximate surface area is 170 Å². The predicted octanol–water partition coefficient (Wildman–Crippen LogP) is 3.96. The Bertz CT molecular complexity index is 922. The highest BCUT2D eigenvalue weighted by Crippen LogP contribution is 2.17. The Kier molecular flexibility index (Phi) is 7.22. The van der Waals surface area contributed by atoms with Gasteiger partial charge in [0.1, 0.15) is 5.84 Å². The summed E-state index contributed by atoms with van der Waals surface area (Å²) >= 11 is 1.68. The lowest BCUT2D eigenvalue weighted by Gasteiger charge is -2.11. The highest BCUT2D eigenvalue weighted by atomic mass is 32.2. The molecule has 2 aromatic rings. The fraction of sp³-hybridized carbons (Fsp3) is 0.400. The van der Waals surface area contributed by atoms with Crippen molar-refractivity contribution in [2.75, 3.05) is 11.9 Å². The van der Waals surface area contributed by atoms with Gasteiger partial charge < -0.3 is 5.32 Å². The summed E-state index contributed by atoms with van der Waals surface area (Å²) in [6.45, 7) is 0.652. The molecular weight excluding hydrogens is 394 g/mol. The summed E-state index contributed by atoms with van der Waals surface area (Å²) in [5, 5.41) is 4.81. The van der Waals surface area contributed by atoms with Crippen LogP contribution in [-0.2, 0) is 21.2 Å². The van der Waals surface area contributed by atoms with Gasteiger partial charge in [-0.3, -0.25) is 14.5 Å². The van der Waals surface area contributed by atoms with Crippen LogP contribution in [0.4, 0.5) is 5.69 Å². The molecule has 28 heavy (non-hydrogen) atoms. The normalized spacial score (nSPS) is 14.8. The van der Waals surface area contributed by atoms with Crippen LogP contribution in [0.2, 0.25) is 0 Å². The molecule has 1 aliphatic rings. The second-order valence-electron chi connectivity index (χ2n) is 6.75. The summed E-state index contributed by atoms with van der Waals surface area (Å²) in [7, 11) is -3.71. The zero-order chi connectivity index (χ0) is 19.8. The Morgan fingerprint density at radius 1 is 1.14 bits per heavy atom.